The molecular weight excluding hydrogens is 231 g/mol. The highest BCUT2D eigenvalue weighted by Crippen LogP contribution is 2.18. The molecule has 0 spiro atoms. The summed E-state index contributed by atoms with van der Waals surface area (Å²) >= 11 is 0. The predicted octanol–water partition coefficient (Wildman–Crippen LogP) is 2.01. The van der Waals surface area contributed by atoms with E-state index in [1.165, 1.54) is 18.9 Å². The predicted molar refractivity (Wildman–Crippen MR) is 69.1 cm³/mol. The minimum atomic E-state index is -0.335. The number of carbonyl (C=O) groups excluding carboxylic acids is 1. The summed E-state index contributed by atoms with van der Waals surface area (Å²) in [5.41, 5.74) is 0.938. The van der Waals surface area contributed by atoms with Gasteiger partial charge in [-0.15, -0.1) is 0 Å². The second-order valence-electron chi connectivity index (χ2n) is 4.80. The van der Waals surface area contributed by atoms with E-state index in [2.05, 4.69) is 10.6 Å². The summed E-state index contributed by atoms with van der Waals surface area (Å²) in [5.74, 6) is -0.543. The molecule has 0 radical (unpaired) electrons. The van der Waals surface area contributed by atoms with E-state index in [0.717, 1.165) is 13.0 Å². The first-order valence-electron chi connectivity index (χ1n) is 6.44. The van der Waals surface area contributed by atoms with Crippen LogP contribution in [-0.4, -0.2) is 25.0 Å². The maximum absolute atomic E-state index is 13.3. The number of benzene rings is 1. The Morgan fingerprint density at radius 2 is 2.17 bits per heavy atom. The molecule has 98 valence electrons. The minimum Gasteiger partial charge on any atom is -0.352 e. The molecule has 0 unspecified atom stereocenters. The minimum absolute atomic E-state index is 0.208. The van der Waals surface area contributed by atoms with Gasteiger partial charge in [-0.05, 0) is 50.4 Å². The van der Waals surface area contributed by atoms with Crippen LogP contribution in [0.3, 0.4) is 0 Å². The van der Waals surface area contributed by atoms with E-state index < -0.39 is 0 Å². The maximum Gasteiger partial charge on any atom is 0.251 e. The van der Waals surface area contributed by atoms with Gasteiger partial charge in [0, 0.05) is 18.2 Å². The number of amides is 1. The third-order valence-corrected chi connectivity index (χ3v) is 3.08. The van der Waals surface area contributed by atoms with Crippen molar-refractivity contribution in [3.05, 3.63) is 35.1 Å². The molecule has 1 aromatic carbocycles. The summed E-state index contributed by atoms with van der Waals surface area (Å²) in [7, 11) is 0. The second kappa shape index (κ2) is 5.96. The molecule has 1 saturated carbocycles. The highest BCUT2D eigenvalue weighted by atomic mass is 19.1. The van der Waals surface area contributed by atoms with Crippen LogP contribution < -0.4 is 10.6 Å². The van der Waals surface area contributed by atoms with Crippen LogP contribution >= 0.6 is 0 Å². The van der Waals surface area contributed by atoms with Gasteiger partial charge in [0.05, 0.1) is 0 Å². The Morgan fingerprint density at radius 3 is 2.83 bits per heavy atom. The molecule has 4 heteroatoms. The summed E-state index contributed by atoms with van der Waals surface area (Å²) in [5, 5.41) is 6.17. The quantitative estimate of drug-likeness (QED) is 0.758. The average Bonchev–Trinajstić information content (AvgIpc) is 3.16. The first kappa shape index (κ1) is 13.0. The summed E-state index contributed by atoms with van der Waals surface area (Å²) in [6.07, 6.45) is 3.45. The molecule has 1 amide bonds. The van der Waals surface area contributed by atoms with E-state index in [1.54, 1.807) is 19.1 Å². The lowest BCUT2D eigenvalue weighted by atomic mass is 10.1. The number of hydrogen-bond acceptors (Lipinski definition) is 2. The molecule has 0 aliphatic heterocycles. The molecule has 0 atom stereocenters. The van der Waals surface area contributed by atoms with Crippen LogP contribution in [0.4, 0.5) is 4.39 Å². The van der Waals surface area contributed by atoms with E-state index in [9.17, 15) is 9.18 Å². The number of rotatable bonds is 6. The Hall–Kier alpha value is -1.42. The maximum atomic E-state index is 13.3. The van der Waals surface area contributed by atoms with Gasteiger partial charge >= 0.3 is 0 Å². The zero-order valence-electron chi connectivity index (χ0n) is 10.6. The van der Waals surface area contributed by atoms with Crippen molar-refractivity contribution in [1.82, 2.24) is 10.6 Å². The highest BCUT2D eigenvalue weighted by molar-refractivity contribution is 5.94. The SMILES string of the molecule is Cc1ccc(C(=O)NCCCNC2CC2)cc1F. The Kier molecular flexibility index (Phi) is 4.31. The molecule has 1 fully saturated rings. The topological polar surface area (TPSA) is 41.1 Å². The number of halogens is 1. The van der Waals surface area contributed by atoms with E-state index in [0.29, 0.717) is 23.7 Å². The Morgan fingerprint density at radius 1 is 1.39 bits per heavy atom. The monoisotopic (exact) mass is 250 g/mol. The van der Waals surface area contributed by atoms with Gasteiger partial charge in [0.1, 0.15) is 5.82 Å². The van der Waals surface area contributed by atoms with Crippen molar-refractivity contribution in [2.45, 2.75) is 32.2 Å². The first-order valence-corrected chi connectivity index (χ1v) is 6.44. The molecule has 3 nitrogen and oxygen atoms in total. The van der Waals surface area contributed by atoms with Crippen molar-refractivity contribution in [3.63, 3.8) is 0 Å². The van der Waals surface area contributed by atoms with Crippen molar-refractivity contribution in [2.24, 2.45) is 0 Å². The number of carbonyl (C=O) groups is 1. The molecule has 1 aliphatic rings. The molecule has 0 aromatic heterocycles. The molecular formula is C14H19FN2O. The van der Waals surface area contributed by atoms with E-state index >= 15 is 0 Å². The van der Waals surface area contributed by atoms with Crippen molar-refractivity contribution in [3.8, 4) is 0 Å². The number of nitrogens with one attached hydrogen (secondary N) is 2. The van der Waals surface area contributed by atoms with Gasteiger partial charge in [0.25, 0.3) is 5.91 Å². The van der Waals surface area contributed by atoms with E-state index in [1.807, 2.05) is 0 Å². The largest absolute Gasteiger partial charge is 0.352 e. The fraction of sp³-hybridized carbons (Fsp3) is 0.500. The van der Waals surface area contributed by atoms with E-state index in [-0.39, 0.29) is 11.7 Å². The number of aryl methyl sites for hydroxylation is 1. The van der Waals surface area contributed by atoms with Gasteiger partial charge in [-0.1, -0.05) is 6.07 Å². The summed E-state index contributed by atoms with van der Waals surface area (Å²) in [6.45, 7) is 3.22. The van der Waals surface area contributed by atoms with E-state index in [4.69, 9.17) is 0 Å². The van der Waals surface area contributed by atoms with Crippen molar-refractivity contribution < 1.29 is 9.18 Å². The lowest BCUT2D eigenvalue weighted by Gasteiger charge is -2.06. The highest BCUT2D eigenvalue weighted by Gasteiger charge is 2.19. The van der Waals surface area contributed by atoms with Crippen LogP contribution in [0.2, 0.25) is 0 Å². The van der Waals surface area contributed by atoms with Crippen LogP contribution in [-0.2, 0) is 0 Å². The average molecular weight is 250 g/mol. The van der Waals surface area contributed by atoms with Gasteiger partial charge in [-0.25, -0.2) is 4.39 Å². The first-order chi connectivity index (χ1) is 8.66. The van der Waals surface area contributed by atoms with Crippen molar-refractivity contribution >= 4 is 5.91 Å². The van der Waals surface area contributed by atoms with Crippen molar-refractivity contribution in [1.29, 1.82) is 0 Å². The third-order valence-electron chi connectivity index (χ3n) is 3.08. The lowest BCUT2D eigenvalue weighted by molar-refractivity contribution is 0.0953. The molecule has 0 saturated heterocycles. The Bertz CT molecular complexity index is 430. The zero-order chi connectivity index (χ0) is 13.0. The second-order valence-corrected chi connectivity index (χ2v) is 4.80. The smallest absolute Gasteiger partial charge is 0.251 e. The fourth-order valence-electron chi connectivity index (χ4n) is 1.72. The van der Waals surface area contributed by atoms with Crippen LogP contribution in [0.25, 0.3) is 0 Å². The molecule has 18 heavy (non-hydrogen) atoms. The summed E-state index contributed by atoms with van der Waals surface area (Å²) in [6, 6.07) is 5.26. The standard InChI is InChI=1S/C14H19FN2O/c1-10-3-4-11(9-13(10)15)14(18)17-8-2-7-16-12-5-6-12/h3-4,9,12,16H,2,5-8H2,1H3,(H,17,18). The van der Waals surface area contributed by atoms with Gasteiger partial charge in [0.15, 0.2) is 0 Å². The number of hydrogen-bond donors (Lipinski definition) is 2. The summed E-state index contributed by atoms with van der Waals surface area (Å²) in [4.78, 5) is 11.7. The molecule has 0 heterocycles. The lowest BCUT2D eigenvalue weighted by Crippen LogP contribution is -2.28. The zero-order valence-corrected chi connectivity index (χ0v) is 10.6. The Labute approximate surface area is 107 Å². The molecule has 2 N–H and O–H groups in total. The van der Waals surface area contributed by atoms with Crippen LogP contribution in [0.5, 0.6) is 0 Å². The van der Waals surface area contributed by atoms with Gasteiger partial charge in [0.2, 0.25) is 0 Å². The fourth-order valence-corrected chi connectivity index (χ4v) is 1.72. The molecule has 1 aliphatic carbocycles. The molecule has 0 bridgehead atoms. The van der Waals surface area contributed by atoms with Gasteiger partial charge < -0.3 is 10.6 Å². The normalized spacial score (nSPS) is 14.6. The van der Waals surface area contributed by atoms with Crippen LogP contribution in [0, 0.1) is 12.7 Å². The van der Waals surface area contributed by atoms with Crippen LogP contribution in [0.15, 0.2) is 18.2 Å². The Balaban J connectivity index is 1.70. The third kappa shape index (κ3) is 3.81. The molecule has 2 rings (SSSR count). The van der Waals surface area contributed by atoms with Crippen molar-refractivity contribution in [2.75, 3.05) is 13.1 Å². The summed E-state index contributed by atoms with van der Waals surface area (Å²) < 4.78 is 13.3. The van der Waals surface area contributed by atoms with Gasteiger partial charge in [-0.2, -0.15) is 0 Å². The molecule has 1 aromatic rings. The van der Waals surface area contributed by atoms with Crippen LogP contribution in [0.1, 0.15) is 35.2 Å². The van der Waals surface area contributed by atoms with Gasteiger partial charge in [-0.3, -0.25) is 4.79 Å².